The van der Waals surface area contributed by atoms with Crippen molar-refractivity contribution in [3.63, 3.8) is 0 Å². The van der Waals surface area contributed by atoms with E-state index in [1.165, 1.54) is 0 Å². The maximum atomic E-state index is 12.1. The lowest BCUT2D eigenvalue weighted by molar-refractivity contribution is -0.134. The number of aliphatic hydroxyl groups excluding tert-OH is 1. The molecule has 0 aliphatic carbocycles. The van der Waals surface area contributed by atoms with Crippen molar-refractivity contribution in [1.29, 1.82) is 0 Å². The standard InChI is InChI=1S/C14H20N2O2/c1-10-4-6-11(7-5-10)13(17)12(15)14(18)16-8-2-3-9-16/h4-7,12-13,17H,2-3,8-9,15H2,1H3/t12-,13?/m1/s1. The highest BCUT2D eigenvalue weighted by atomic mass is 16.3. The Bertz CT molecular complexity index is 410. The highest BCUT2D eigenvalue weighted by Gasteiger charge is 2.29. The molecule has 4 nitrogen and oxygen atoms in total. The zero-order chi connectivity index (χ0) is 13.1. The van der Waals surface area contributed by atoms with Gasteiger partial charge in [-0.05, 0) is 25.3 Å². The van der Waals surface area contributed by atoms with Gasteiger partial charge in [-0.25, -0.2) is 0 Å². The Morgan fingerprint density at radius 3 is 2.39 bits per heavy atom. The number of aryl methyl sites for hydroxylation is 1. The molecule has 1 heterocycles. The number of nitrogens with zero attached hydrogens (tertiary/aromatic N) is 1. The van der Waals surface area contributed by atoms with Crippen molar-refractivity contribution < 1.29 is 9.90 Å². The SMILES string of the molecule is Cc1ccc(C(O)[C@@H](N)C(=O)N2CCCC2)cc1. The fourth-order valence-electron chi connectivity index (χ4n) is 2.25. The average molecular weight is 248 g/mol. The van der Waals surface area contributed by atoms with Gasteiger partial charge >= 0.3 is 0 Å². The molecule has 4 heteroatoms. The molecule has 0 spiro atoms. The smallest absolute Gasteiger partial charge is 0.242 e. The Balaban J connectivity index is 2.05. The second-order valence-corrected chi connectivity index (χ2v) is 4.91. The third-order valence-corrected chi connectivity index (χ3v) is 3.46. The Labute approximate surface area is 107 Å². The van der Waals surface area contributed by atoms with Gasteiger partial charge in [-0.2, -0.15) is 0 Å². The van der Waals surface area contributed by atoms with Gasteiger partial charge in [0.1, 0.15) is 12.1 Å². The molecular formula is C14H20N2O2. The summed E-state index contributed by atoms with van der Waals surface area (Å²) in [6.45, 7) is 3.49. The van der Waals surface area contributed by atoms with E-state index in [0.717, 1.165) is 31.5 Å². The summed E-state index contributed by atoms with van der Waals surface area (Å²) in [5.41, 5.74) is 7.68. The molecule has 18 heavy (non-hydrogen) atoms. The van der Waals surface area contributed by atoms with Gasteiger partial charge in [0.05, 0.1) is 0 Å². The zero-order valence-electron chi connectivity index (χ0n) is 10.7. The molecule has 98 valence electrons. The number of hydrogen-bond donors (Lipinski definition) is 2. The molecule has 1 fully saturated rings. The van der Waals surface area contributed by atoms with Crippen molar-refractivity contribution in [3.05, 3.63) is 35.4 Å². The Kier molecular flexibility index (Phi) is 3.99. The van der Waals surface area contributed by atoms with Crippen LogP contribution < -0.4 is 5.73 Å². The number of amides is 1. The Morgan fingerprint density at radius 1 is 1.28 bits per heavy atom. The van der Waals surface area contributed by atoms with Crippen molar-refractivity contribution >= 4 is 5.91 Å². The van der Waals surface area contributed by atoms with Crippen LogP contribution in [0.5, 0.6) is 0 Å². The quantitative estimate of drug-likeness (QED) is 0.838. The van der Waals surface area contributed by atoms with Gasteiger partial charge in [-0.3, -0.25) is 4.79 Å². The van der Waals surface area contributed by atoms with Gasteiger partial charge in [0.15, 0.2) is 0 Å². The van der Waals surface area contributed by atoms with E-state index in [2.05, 4.69) is 0 Å². The summed E-state index contributed by atoms with van der Waals surface area (Å²) in [4.78, 5) is 13.8. The summed E-state index contributed by atoms with van der Waals surface area (Å²) in [5, 5.41) is 10.1. The Morgan fingerprint density at radius 2 is 1.83 bits per heavy atom. The van der Waals surface area contributed by atoms with Crippen LogP contribution in [-0.4, -0.2) is 35.0 Å². The van der Waals surface area contributed by atoms with Crippen LogP contribution in [-0.2, 0) is 4.79 Å². The van der Waals surface area contributed by atoms with Crippen LogP contribution >= 0.6 is 0 Å². The highest BCUT2D eigenvalue weighted by molar-refractivity contribution is 5.82. The number of carbonyl (C=O) groups excluding carboxylic acids is 1. The van der Waals surface area contributed by atoms with Crippen LogP contribution in [0, 0.1) is 6.92 Å². The van der Waals surface area contributed by atoms with E-state index in [9.17, 15) is 9.90 Å². The summed E-state index contributed by atoms with van der Waals surface area (Å²) in [7, 11) is 0. The number of hydrogen-bond acceptors (Lipinski definition) is 3. The lowest BCUT2D eigenvalue weighted by atomic mass is 10.0. The topological polar surface area (TPSA) is 66.6 Å². The van der Waals surface area contributed by atoms with Gasteiger partial charge in [0, 0.05) is 13.1 Å². The maximum Gasteiger partial charge on any atom is 0.242 e. The molecule has 1 aromatic rings. The summed E-state index contributed by atoms with van der Waals surface area (Å²) in [6.07, 6.45) is 1.12. The first-order valence-electron chi connectivity index (χ1n) is 6.38. The van der Waals surface area contributed by atoms with Crippen LogP contribution in [0.15, 0.2) is 24.3 Å². The average Bonchev–Trinajstić information content (AvgIpc) is 2.91. The van der Waals surface area contributed by atoms with Crippen molar-refractivity contribution in [2.24, 2.45) is 5.73 Å². The summed E-state index contributed by atoms with van der Waals surface area (Å²) in [5.74, 6) is -0.152. The van der Waals surface area contributed by atoms with Gasteiger partial charge in [0.25, 0.3) is 0 Å². The number of aliphatic hydroxyl groups is 1. The third-order valence-electron chi connectivity index (χ3n) is 3.46. The van der Waals surface area contributed by atoms with Gasteiger partial charge in [-0.15, -0.1) is 0 Å². The molecule has 2 atom stereocenters. The monoisotopic (exact) mass is 248 g/mol. The van der Waals surface area contributed by atoms with Crippen LogP contribution in [0.4, 0.5) is 0 Å². The van der Waals surface area contributed by atoms with E-state index in [1.807, 2.05) is 31.2 Å². The van der Waals surface area contributed by atoms with Crippen LogP contribution in [0.2, 0.25) is 0 Å². The molecule has 3 N–H and O–H groups in total. The molecule has 1 unspecified atom stereocenters. The minimum atomic E-state index is -0.932. The van der Waals surface area contributed by atoms with Gasteiger partial charge < -0.3 is 15.7 Å². The first-order chi connectivity index (χ1) is 8.59. The van der Waals surface area contributed by atoms with Crippen LogP contribution in [0.25, 0.3) is 0 Å². The van der Waals surface area contributed by atoms with Gasteiger partial charge in [0.2, 0.25) is 5.91 Å². The van der Waals surface area contributed by atoms with E-state index < -0.39 is 12.1 Å². The van der Waals surface area contributed by atoms with Gasteiger partial charge in [-0.1, -0.05) is 29.8 Å². The normalized spacial score (nSPS) is 18.7. The third kappa shape index (κ3) is 2.71. The molecule has 1 saturated heterocycles. The number of nitrogens with two attached hydrogens (primary N) is 1. The first-order valence-corrected chi connectivity index (χ1v) is 6.38. The van der Waals surface area contributed by atoms with E-state index >= 15 is 0 Å². The molecule has 0 bridgehead atoms. The first kappa shape index (κ1) is 13.1. The lowest BCUT2D eigenvalue weighted by Gasteiger charge is -2.24. The number of benzene rings is 1. The molecule has 1 aliphatic rings. The van der Waals surface area contributed by atoms with Crippen molar-refractivity contribution in [2.45, 2.75) is 31.9 Å². The van der Waals surface area contributed by atoms with E-state index in [4.69, 9.17) is 5.73 Å². The molecule has 2 rings (SSSR count). The summed E-state index contributed by atoms with van der Waals surface area (Å²) in [6, 6.07) is 6.58. The van der Waals surface area contributed by atoms with E-state index in [0.29, 0.717) is 5.56 Å². The predicted molar refractivity (Wildman–Crippen MR) is 69.9 cm³/mol. The molecule has 0 aromatic heterocycles. The van der Waals surface area contributed by atoms with Crippen molar-refractivity contribution in [2.75, 3.05) is 13.1 Å². The number of carbonyl (C=O) groups is 1. The van der Waals surface area contributed by atoms with Crippen molar-refractivity contribution in [3.8, 4) is 0 Å². The zero-order valence-corrected chi connectivity index (χ0v) is 10.7. The summed E-state index contributed by atoms with van der Waals surface area (Å²) < 4.78 is 0. The minimum absolute atomic E-state index is 0.152. The van der Waals surface area contributed by atoms with Crippen LogP contribution in [0.1, 0.15) is 30.1 Å². The molecule has 0 saturated carbocycles. The second kappa shape index (κ2) is 5.50. The highest BCUT2D eigenvalue weighted by Crippen LogP contribution is 2.19. The molecular weight excluding hydrogens is 228 g/mol. The van der Waals surface area contributed by atoms with Crippen molar-refractivity contribution in [1.82, 2.24) is 4.90 Å². The largest absolute Gasteiger partial charge is 0.386 e. The predicted octanol–water partition coefficient (Wildman–Crippen LogP) is 0.978. The molecule has 1 aromatic carbocycles. The Hall–Kier alpha value is -1.39. The van der Waals surface area contributed by atoms with Crippen LogP contribution in [0.3, 0.4) is 0 Å². The second-order valence-electron chi connectivity index (χ2n) is 4.91. The number of likely N-dealkylation sites (tertiary alicyclic amines) is 1. The fraction of sp³-hybridized carbons (Fsp3) is 0.500. The number of rotatable bonds is 3. The van der Waals surface area contributed by atoms with E-state index in [1.54, 1.807) is 4.90 Å². The lowest BCUT2D eigenvalue weighted by Crippen LogP contribution is -2.45. The molecule has 1 amide bonds. The fourth-order valence-corrected chi connectivity index (χ4v) is 2.25. The summed E-state index contributed by atoms with van der Waals surface area (Å²) >= 11 is 0. The minimum Gasteiger partial charge on any atom is -0.386 e. The molecule has 0 radical (unpaired) electrons. The molecule has 1 aliphatic heterocycles. The maximum absolute atomic E-state index is 12.1. The van der Waals surface area contributed by atoms with E-state index in [-0.39, 0.29) is 5.91 Å².